The minimum atomic E-state index is -4.43. The zero-order valence-corrected chi connectivity index (χ0v) is 13.0. The molecule has 1 heterocycles. The quantitative estimate of drug-likeness (QED) is 0.750. The Balaban J connectivity index is 2.24. The number of anilines is 1. The van der Waals surface area contributed by atoms with E-state index < -0.39 is 11.7 Å². The second-order valence-electron chi connectivity index (χ2n) is 5.00. The second-order valence-corrected chi connectivity index (χ2v) is 6.22. The van der Waals surface area contributed by atoms with Gasteiger partial charge in [0.1, 0.15) is 5.82 Å². The lowest BCUT2D eigenvalue weighted by molar-refractivity contribution is -0.137. The van der Waals surface area contributed by atoms with Gasteiger partial charge in [-0.2, -0.15) is 13.2 Å². The van der Waals surface area contributed by atoms with Gasteiger partial charge in [-0.05, 0) is 40.8 Å². The highest BCUT2D eigenvalue weighted by Gasteiger charge is 2.36. The van der Waals surface area contributed by atoms with Gasteiger partial charge >= 0.3 is 6.18 Å². The molecule has 20 heavy (non-hydrogen) atoms. The van der Waals surface area contributed by atoms with E-state index in [2.05, 4.69) is 26.2 Å². The zero-order valence-electron chi connectivity index (χ0n) is 10.7. The first-order valence-corrected chi connectivity index (χ1v) is 7.80. The number of nitrogens with zero attached hydrogens (tertiary/aromatic N) is 1. The summed E-state index contributed by atoms with van der Waals surface area (Å²) in [7, 11) is 0. The van der Waals surface area contributed by atoms with E-state index in [-0.39, 0.29) is 17.8 Å². The molecule has 2 rings (SSSR count). The van der Waals surface area contributed by atoms with E-state index in [9.17, 15) is 13.2 Å². The first-order valence-electron chi connectivity index (χ1n) is 6.47. The van der Waals surface area contributed by atoms with E-state index in [0.717, 1.165) is 31.7 Å². The summed E-state index contributed by atoms with van der Waals surface area (Å²) in [5, 5.41) is 2.95. The van der Waals surface area contributed by atoms with Crippen LogP contribution in [0.2, 0.25) is 0 Å². The van der Waals surface area contributed by atoms with Gasteiger partial charge in [-0.25, -0.2) is 4.98 Å². The second kappa shape index (κ2) is 6.52. The first kappa shape index (κ1) is 15.9. The molecule has 2 nitrogen and oxygen atoms in total. The normalized spacial score (nSPS) is 23.6. The van der Waals surface area contributed by atoms with Crippen molar-refractivity contribution in [1.29, 1.82) is 0 Å². The standard InChI is InChI=1S/C13H15BrClF3N2/c14-9-5-10(13(16,17)18)12(19-7-9)20-11-4-2-1-3-8(11)6-15/h5,7-8,11H,1-4,6H2,(H,19,20). The van der Waals surface area contributed by atoms with Crippen molar-refractivity contribution in [3.05, 3.63) is 22.3 Å². The van der Waals surface area contributed by atoms with Gasteiger partial charge in [-0.3, -0.25) is 0 Å². The minimum Gasteiger partial charge on any atom is -0.367 e. The summed E-state index contributed by atoms with van der Waals surface area (Å²) in [4.78, 5) is 3.89. The first-order chi connectivity index (χ1) is 9.41. The SMILES string of the molecule is FC(F)(F)c1cc(Br)cnc1NC1CCCCC1CCl. The van der Waals surface area contributed by atoms with Crippen molar-refractivity contribution in [2.45, 2.75) is 37.9 Å². The molecule has 1 fully saturated rings. The summed E-state index contributed by atoms with van der Waals surface area (Å²) in [5.74, 6) is 0.537. The summed E-state index contributed by atoms with van der Waals surface area (Å²) >= 11 is 8.93. The zero-order chi connectivity index (χ0) is 14.8. The van der Waals surface area contributed by atoms with Crippen molar-refractivity contribution in [3.63, 3.8) is 0 Å². The molecule has 2 unspecified atom stereocenters. The Hall–Kier alpha value is -0.490. The van der Waals surface area contributed by atoms with Crippen LogP contribution in [0.1, 0.15) is 31.2 Å². The number of hydrogen-bond donors (Lipinski definition) is 1. The average molecular weight is 372 g/mol. The van der Waals surface area contributed by atoms with Crippen LogP contribution in [0.25, 0.3) is 0 Å². The monoisotopic (exact) mass is 370 g/mol. The molecule has 0 bridgehead atoms. The van der Waals surface area contributed by atoms with E-state index in [0.29, 0.717) is 10.4 Å². The molecular weight excluding hydrogens is 357 g/mol. The molecule has 1 aliphatic carbocycles. The van der Waals surface area contributed by atoms with Gasteiger partial charge in [-0.1, -0.05) is 12.8 Å². The Morgan fingerprint density at radius 2 is 2.05 bits per heavy atom. The Labute approximate surface area is 129 Å². The molecule has 0 radical (unpaired) electrons. The third kappa shape index (κ3) is 3.79. The fourth-order valence-electron chi connectivity index (χ4n) is 2.53. The fourth-order valence-corrected chi connectivity index (χ4v) is 3.23. The van der Waals surface area contributed by atoms with Crippen LogP contribution in [0.15, 0.2) is 16.7 Å². The van der Waals surface area contributed by atoms with Crippen LogP contribution in [0, 0.1) is 5.92 Å². The van der Waals surface area contributed by atoms with Gasteiger partial charge < -0.3 is 5.32 Å². The van der Waals surface area contributed by atoms with Gasteiger partial charge in [0, 0.05) is 22.6 Å². The van der Waals surface area contributed by atoms with Gasteiger partial charge in [0.2, 0.25) is 0 Å². The molecule has 1 N–H and O–H groups in total. The lowest BCUT2D eigenvalue weighted by Crippen LogP contribution is -2.34. The summed E-state index contributed by atoms with van der Waals surface area (Å²) in [5.41, 5.74) is -0.745. The van der Waals surface area contributed by atoms with Crippen molar-refractivity contribution < 1.29 is 13.2 Å². The Morgan fingerprint density at radius 3 is 2.70 bits per heavy atom. The van der Waals surface area contributed by atoms with Gasteiger partial charge in [0.25, 0.3) is 0 Å². The van der Waals surface area contributed by atoms with Crippen LogP contribution in [-0.2, 0) is 6.18 Å². The number of alkyl halides is 4. The van der Waals surface area contributed by atoms with E-state index in [1.54, 1.807) is 0 Å². The molecule has 7 heteroatoms. The van der Waals surface area contributed by atoms with Gasteiger partial charge in [0.05, 0.1) is 5.56 Å². The molecule has 0 saturated heterocycles. The van der Waals surface area contributed by atoms with Gasteiger partial charge in [-0.15, -0.1) is 11.6 Å². The third-order valence-electron chi connectivity index (χ3n) is 3.59. The molecule has 0 aromatic carbocycles. The average Bonchev–Trinajstić information content (AvgIpc) is 2.40. The summed E-state index contributed by atoms with van der Waals surface area (Å²) in [6, 6.07) is 1.00. The predicted octanol–water partition coefficient (Wildman–Crippen LogP) is 5.07. The molecular formula is C13H15BrClF3N2. The predicted molar refractivity (Wildman–Crippen MR) is 77.0 cm³/mol. The Morgan fingerprint density at radius 1 is 1.35 bits per heavy atom. The lowest BCUT2D eigenvalue weighted by Gasteiger charge is -2.32. The Kier molecular flexibility index (Phi) is 5.18. The third-order valence-corrected chi connectivity index (χ3v) is 4.42. The molecule has 0 spiro atoms. The molecule has 0 amide bonds. The highest BCUT2D eigenvalue weighted by molar-refractivity contribution is 9.10. The number of aromatic nitrogens is 1. The molecule has 1 aromatic rings. The minimum absolute atomic E-state index is 0.0453. The maximum Gasteiger partial charge on any atom is 0.419 e. The molecule has 112 valence electrons. The molecule has 1 aliphatic rings. The van der Waals surface area contributed by atoms with Crippen LogP contribution in [0.5, 0.6) is 0 Å². The summed E-state index contributed by atoms with van der Waals surface area (Å²) in [6.07, 6.45) is 0.796. The largest absolute Gasteiger partial charge is 0.419 e. The molecule has 0 aliphatic heterocycles. The number of hydrogen-bond acceptors (Lipinski definition) is 2. The van der Waals surface area contributed by atoms with E-state index in [4.69, 9.17) is 11.6 Å². The van der Waals surface area contributed by atoms with E-state index in [1.165, 1.54) is 6.20 Å². The Bertz CT molecular complexity index is 467. The van der Waals surface area contributed by atoms with Crippen molar-refractivity contribution in [2.24, 2.45) is 5.92 Å². The maximum absolute atomic E-state index is 13.0. The number of pyridine rings is 1. The lowest BCUT2D eigenvalue weighted by atomic mass is 9.85. The van der Waals surface area contributed by atoms with Crippen LogP contribution < -0.4 is 5.32 Å². The summed E-state index contributed by atoms with van der Waals surface area (Å²) in [6.45, 7) is 0. The molecule has 1 saturated carbocycles. The van der Waals surface area contributed by atoms with E-state index in [1.807, 2.05) is 0 Å². The molecule has 2 atom stereocenters. The van der Waals surface area contributed by atoms with Crippen molar-refractivity contribution in [3.8, 4) is 0 Å². The smallest absolute Gasteiger partial charge is 0.367 e. The topological polar surface area (TPSA) is 24.9 Å². The number of rotatable bonds is 3. The fraction of sp³-hybridized carbons (Fsp3) is 0.615. The molecule has 1 aromatic heterocycles. The van der Waals surface area contributed by atoms with Crippen molar-refractivity contribution in [1.82, 2.24) is 4.98 Å². The van der Waals surface area contributed by atoms with Crippen molar-refractivity contribution in [2.75, 3.05) is 11.2 Å². The maximum atomic E-state index is 13.0. The number of nitrogens with one attached hydrogen (secondary N) is 1. The highest BCUT2D eigenvalue weighted by atomic mass is 79.9. The van der Waals surface area contributed by atoms with Crippen LogP contribution >= 0.6 is 27.5 Å². The van der Waals surface area contributed by atoms with Crippen LogP contribution in [0.3, 0.4) is 0 Å². The van der Waals surface area contributed by atoms with Crippen LogP contribution in [-0.4, -0.2) is 16.9 Å². The van der Waals surface area contributed by atoms with E-state index >= 15 is 0 Å². The summed E-state index contributed by atoms with van der Waals surface area (Å²) < 4.78 is 39.4. The number of halogens is 5. The van der Waals surface area contributed by atoms with Crippen molar-refractivity contribution >= 4 is 33.3 Å². The van der Waals surface area contributed by atoms with Crippen LogP contribution in [0.4, 0.5) is 19.0 Å². The highest BCUT2D eigenvalue weighted by Crippen LogP contribution is 2.37. The van der Waals surface area contributed by atoms with Gasteiger partial charge in [0.15, 0.2) is 0 Å².